The van der Waals surface area contributed by atoms with Gasteiger partial charge in [-0.05, 0) is 48.4 Å². The topological polar surface area (TPSA) is 75.1 Å². The average Bonchev–Trinajstić information content (AvgIpc) is 3.22. The maximum atomic E-state index is 10.5. The molecule has 1 aromatic heterocycles. The van der Waals surface area contributed by atoms with Crippen LogP contribution in [0.1, 0.15) is 30.4 Å². The quantitative estimate of drug-likeness (QED) is 0.418. The molecule has 2 unspecified atom stereocenters. The van der Waals surface area contributed by atoms with Crippen LogP contribution in [-0.2, 0) is 6.42 Å². The minimum atomic E-state index is -0.688. The number of aliphatic hydroxyl groups excluding tert-OH is 1. The molecular weight excluding hydrogens is 374 g/mol. The fourth-order valence-electron chi connectivity index (χ4n) is 2.80. The highest BCUT2D eigenvalue weighted by molar-refractivity contribution is 7.09. The van der Waals surface area contributed by atoms with Crippen molar-refractivity contribution in [1.29, 1.82) is 0 Å². The number of aliphatic hydroxyl groups is 1. The second kappa shape index (κ2) is 11.6. The molecule has 0 amide bonds. The summed E-state index contributed by atoms with van der Waals surface area (Å²) in [5.74, 6) is 2.40. The number of aliphatic imine (C=N–C) groups is 1. The molecule has 2 atom stereocenters. The molecule has 28 heavy (non-hydrogen) atoms. The van der Waals surface area contributed by atoms with Crippen LogP contribution < -0.4 is 20.1 Å². The van der Waals surface area contributed by atoms with E-state index < -0.39 is 6.10 Å². The van der Waals surface area contributed by atoms with Gasteiger partial charge in [-0.1, -0.05) is 19.1 Å². The summed E-state index contributed by atoms with van der Waals surface area (Å²) in [5, 5.41) is 19.1. The standard InChI is InChI=1S/C21H31N3O3S/c1-5-22-21(23-13-15(2)11-17-7-6-10-28-17)24-14-18(25)16-8-9-19(26-3)20(12-16)27-4/h6-10,12,15,18,25H,5,11,13-14H2,1-4H3,(H2,22,23,24). The Balaban J connectivity index is 1.92. The van der Waals surface area contributed by atoms with Gasteiger partial charge in [0.25, 0.3) is 0 Å². The lowest BCUT2D eigenvalue weighted by Crippen LogP contribution is -2.39. The molecule has 0 bridgehead atoms. The third kappa shape index (κ3) is 6.73. The lowest BCUT2D eigenvalue weighted by atomic mass is 10.1. The molecule has 1 heterocycles. The summed E-state index contributed by atoms with van der Waals surface area (Å²) in [6.07, 6.45) is 0.335. The van der Waals surface area contributed by atoms with Crippen LogP contribution in [-0.4, -0.2) is 44.9 Å². The highest BCUT2D eigenvalue weighted by Crippen LogP contribution is 2.29. The average molecular weight is 406 g/mol. The van der Waals surface area contributed by atoms with Crippen LogP contribution in [0.2, 0.25) is 0 Å². The minimum Gasteiger partial charge on any atom is -0.493 e. The summed E-state index contributed by atoms with van der Waals surface area (Å²) in [7, 11) is 3.17. The summed E-state index contributed by atoms with van der Waals surface area (Å²) >= 11 is 1.78. The molecule has 0 fully saturated rings. The molecule has 0 aliphatic rings. The first-order valence-corrected chi connectivity index (χ1v) is 10.4. The summed E-state index contributed by atoms with van der Waals surface area (Å²) < 4.78 is 10.5. The van der Waals surface area contributed by atoms with Crippen LogP contribution in [0.15, 0.2) is 40.7 Å². The van der Waals surface area contributed by atoms with E-state index in [0.29, 0.717) is 29.9 Å². The Kier molecular flexibility index (Phi) is 9.10. The van der Waals surface area contributed by atoms with Crippen molar-refractivity contribution in [2.24, 2.45) is 10.9 Å². The van der Waals surface area contributed by atoms with Gasteiger partial charge in [0.15, 0.2) is 17.5 Å². The summed E-state index contributed by atoms with van der Waals surface area (Å²) in [4.78, 5) is 6.04. The highest BCUT2D eigenvalue weighted by atomic mass is 32.1. The number of benzene rings is 1. The number of hydrogen-bond donors (Lipinski definition) is 3. The van der Waals surface area contributed by atoms with Gasteiger partial charge in [0.1, 0.15) is 0 Å². The van der Waals surface area contributed by atoms with Crippen molar-refractivity contribution in [2.75, 3.05) is 33.9 Å². The van der Waals surface area contributed by atoms with Crippen LogP contribution >= 0.6 is 11.3 Å². The van der Waals surface area contributed by atoms with Crippen molar-refractivity contribution in [3.05, 3.63) is 46.2 Å². The van der Waals surface area contributed by atoms with Crippen LogP contribution in [0.5, 0.6) is 11.5 Å². The molecular formula is C21H31N3O3S. The van der Waals surface area contributed by atoms with E-state index in [1.165, 1.54) is 4.88 Å². The Hall–Kier alpha value is -2.25. The summed E-state index contributed by atoms with van der Waals surface area (Å²) in [6.45, 7) is 6.06. The molecule has 0 saturated carbocycles. The minimum absolute atomic E-state index is 0.348. The third-order valence-corrected chi connectivity index (χ3v) is 5.19. The Morgan fingerprint density at radius 1 is 1.18 bits per heavy atom. The van der Waals surface area contributed by atoms with E-state index in [9.17, 15) is 5.11 Å². The Morgan fingerprint density at radius 2 is 1.96 bits per heavy atom. The normalized spacial score (nSPS) is 13.7. The third-order valence-electron chi connectivity index (χ3n) is 4.29. The van der Waals surface area contributed by atoms with E-state index >= 15 is 0 Å². The Bertz CT molecular complexity index is 735. The molecule has 0 radical (unpaired) electrons. The zero-order valence-corrected chi connectivity index (χ0v) is 17.9. The van der Waals surface area contributed by atoms with Crippen molar-refractivity contribution in [2.45, 2.75) is 26.4 Å². The molecule has 2 aromatic rings. The second-order valence-electron chi connectivity index (χ2n) is 6.62. The van der Waals surface area contributed by atoms with E-state index in [-0.39, 0.29) is 0 Å². The largest absolute Gasteiger partial charge is 0.493 e. The number of hydrogen-bond acceptors (Lipinski definition) is 5. The van der Waals surface area contributed by atoms with Crippen molar-refractivity contribution >= 4 is 17.3 Å². The molecule has 2 rings (SSSR count). The van der Waals surface area contributed by atoms with E-state index in [1.807, 2.05) is 13.0 Å². The van der Waals surface area contributed by atoms with E-state index in [2.05, 4.69) is 40.1 Å². The van der Waals surface area contributed by atoms with Gasteiger partial charge in [0.2, 0.25) is 0 Å². The monoisotopic (exact) mass is 405 g/mol. The smallest absolute Gasteiger partial charge is 0.191 e. The zero-order valence-electron chi connectivity index (χ0n) is 17.1. The molecule has 0 aliphatic heterocycles. The number of rotatable bonds is 10. The lowest BCUT2D eigenvalue weighted by Gasteiger charge is -2.17. The highest BCUT2D eigenvalue weighted by Gasteiger charge is 2.13. The number of nitrogens with zero attached hydrogens (tertiary/aromatic N) is 1. The fraction of sp³-hybridized carbons (Fsp3) is 0.476. The molecule has 7 heteroatoms. The van der Waals surface area contributed by atoms with Gasteiger partial charge in [-0.3, -0.25) is 4.99 Å². The molecule has 6 nitrogen and oxygen atoms in total. The van der Waals surface area contributed by atoms with E-state index in [0.717, 1.165) is 25.1 Å². The van der Waals surface area contributed by atoms with Gasteiger partial charge in [-0.25, -0.2) is 0 Å². The molecule has 154 valence electrons. The predicted molar refractivity (Wildman–Crippen MR) is 116 cm³/mol. The maximum absolute atomic E-state index is 10.5. The summed E-state index contributed by atoms with van der Waals surface area (Å²) in [5.41, 5.74) is 0.757. The first-order valence-electron chi connectivity index (χ1n) is 9.51. The predicted octanol–water partition coefficient (Wildman–Crippen LogP) is 3.23. The van der Waals surface area contributed by atoms with Crippen molar-refractivity contribution in [3.63, 3.8) is 0 Å². The second-order valence-corrected chi connectivity index (χ2v) is 7.65. The number of nitrogens with one attached hydrogen (secondary N) is 2. The van der Waals surface area contributed by atoms with E-state index in [4.69, 9.17) is 9.47 Å². The number of thiophene rings is 1. The Labute approximate surface area is 171 Å². The van der Waals surface area contributed by atoms with Gasteiger partial charge in [0, 0.05) is 24.5 Å². The first kappa shape index (κ1) is 22.0. The van der Waals surface area contributed by atoms with Gasteiger partial charge in [0.05, 0.1) is 20.3 Å². The zero-order chi connectivity index (χ0) is 20.4. The maximum Gasteiger partial charge on any atom is 0.191 e. The molecule has 3 N–H and O–H groups in total. The SMILES string of the molecule is CCNC(=NCC(C)Cc1cccs1)NCC(O)c1ccc(OC)c(OC)c1. The van der Waals surface area contributed by atoms with Gasteiger partial charge < -0.3 is 25.2 Å². The van der Waals surface area contributed by atoms with Gasteiger partial charge in [-0.15, -0.1) is 11.3 Å². The molecule has 0 aliphatic carbocycles. The van der Waals surface area contributed by atoms with Crippen molar-refractivity contribution in [3.8, 4) is 11.5 Å². The lowest BCUT2D eigenvalue weighted by molar-refractivity contribution is 0.180. The van der Waals surface area contributed by atoms with Crippen LogP contribution in [0.25, 0.3) is 0 Å². The summed E-state index contributed by atoms with van der Waals surface area (Å²) in [6, 6.07) is 9.66. The fourth-order valence-corrected chi connectivity index (χ4v) is 3.67. The first-order chi connectivity index (χ1) is 13.6. The van der Waals surface area contributed by atoms with Crippen LogP contribution in [0, 0.1) is 5.92 Å². The molecule has 1 aromatic carbocycles. The Morgan fingerprint density at radius 3 is 2.61 bits per heavy atom. The van der Waals surface area contributed by atoms with Crippen molar-refractivity contribution in [1.82, 2.24) is 10.6 Å². The molecule has 0 spiro atoms. The van der Waals surface area contributed by atoms with E-state index in [1.54, 1.807) is 37.7 Å². The van der Waals surface area contributed by atoms with Gasteiger partial charge >= 0.3 is 0 Å². The van der Waals surface area contributed by atoms with Gasteiger partial charge in [-0.2, -0.15) is 0 Å². The van der Waals surface area contributed by atoms with Crippen molar-refractivity contribution < 1.29 is 14.6 Å². The number of ether oxygens (including phenoxy) is 2. The van der Waals surface area contributed by atoms with Crippen LogP contribution in [0.3, 0.4) is 0 Å². The molecule has 0 saturated heterocycles. The number of guanidine groups is 1. The van der Waals surface area contributed by atoms with Crippen LogP contribution in [0.4, 0.5) is 0 Å². The number of methoxy groups -OCH3 is 2.